The highest BCUT2D eigenvalue weighted by Crippen LogP contribution is 2.26. The van der Waals surface area contributed by atoms with Gasteiger partial charge in [0.15, 0.2) is 0 Å². The number of unbranched alkanes of at least 4 members (excludes halogenated alkanes) is 1. The smallest absolute Gasteiger partial charge is 0.407 e. The summed E-state index contributed by atoms with van der Waals surface area (Å²) in [6.45, 7) is 9.39. The van der Waals surface area contributed by atoms with Crippen molar-refractivity contribution in [3.63, 3.8) is 0 Å². The van der Waals surface area contributed by atoms with Gasteiger partial charge in [-0.25, -0.2) is 14.0 Å². The lowest BCUT2D eigenvalue weighted by Crippen LogP contribution is -2.41. The fourth-order valence-corrected chi connectivity index (χ4v) is 4.24. The van der Waals surface area contributed by atoms with Crippen LogP contribution in [0.3, 0.4) is 0 Å². The molecule has 0 aliphatic carbocycles. The van der Waals surface area contributed by atoms with Crippen LogP contribution in [0.15, 0.2) is 48.5 Å². The van der Waals surface area contributed by atoms with E-state index in [1.165, 1.54) is 75.9 Å². The summed E-state index contributed by atoms with van der Waals surface area (Å²) in [4.78, 5) is 26.1. The lowest BCUT2D eigenvalue weighted by atomic mass is 9.89. The molecule has 0 spiro atoms. The molecule has 3 fully saturated rings. The number of halogens is 1. The van der Waals surface area contributed by atoms with Gasteiger partial charge >= 0.3 is 12.1 Å². The number of carbonyl (C=O) groups is 2. The van der Waals surface area contributed by atoms with Crippen LogP contribution in [0.4, 0.5) is 9.18 Å². The Morgan fingerprint density at radius 1 is 0.944 bits per heavy atom. The summed E-state index contributed by atoms with van der Waals surface area (Å²) in [5, 5.41) is 8.90. The lowest BCUT2D eigenvalue weighted by Gasteiger charge is -2.38. The average molecular weight is 501 g/mol. The minimum absolute atomic E-state index is 0.178. The first-order valence-electron chi connectivity index (χ1n) is 13.0. The summed E-state index contributed by atoms with van der Waals surface area (Å²) >= 11 is 0. The Morgan fingerprint density at radius 3 is 1.94 bits per heavy atom. The van der Waals surface area contributed by atoms with E-state index >= 15 is 0 Å². The molecule has 4 heterocycles. The van der Waals surface area contributed by atoms with E-state index in [-0.39, 0.29) is 11.8 Å². The minimum atomic E-state index is -0.910. The molecular formula is C29H41FN2O4. The molecule has 6 rings (SSSR count). The van der Waals surface area contributed by atoms with E-state index in [1.807, 2.05) is 0 Å². The summed E-state index contributed by atoms with van der Waals surface area (Å²) in [6, 6.07) is 13.2. The molecule has 1 N–H and O–H groups in total. The van der Waals surface area contributed by atoms with Gasteiger partial charge in [-0.2, -0.15) is 0 Å². The number of nitrogens with zero attached hydrogens (tertiary/aromatic N) is 2. The molecule has 2 bridgehead atoms. The molecule has 0 atom stereocenters. The van der Waals surface area contributed by atoms with Crippen molar-refractivity contribution < 1.29 is 23.8 Å². The molecule has 36 heavy (non-hydrogen) atoms. The normalized spacial score (nSPS) is 19.2. The molecule has 198 valence electrons. The number of hydrogen-bond donors (Lipinski definition) is 1. The van der Waals surface area contributed by atoms with Gasteiger partial charge in [0.1, 0.15) is 5.82 Å². The Morgan fingerprint density at radius 2 is 1.56 bits per heavy atom. The van der Waals surface area contributed by atoms with Gasteiger partial charge in [0.05, 0.1) is 12.7 Å². The van der Waals surface area contributed by atoms with Crippen LogP contribution >= 0.6 is 0 Å². The van der Waals surface area contributed by atoms with Crippen LogP contribution in [0, 0.1) is 11.7 Å². The Kier molecular flexibility index (Phi) is 13.0. The fourth-order valence-electron chi connectivity index (χ4n) is 4.24. The van der Waals surface area contributed by atoms with Crippen LogP contribution in [0.25, 0.3) is 0 Å². The number of esters is 1. The van der Waals surface area contributed by atoms with Crippen molar-refractivity contribution in [2.75, 3.05) is 33.3 Å². The van der Waals surface area contributed by atoms with Gasteiger partial charge in [-0.3, -0.25) is 0 Å². The van der Waals surface area contributed by atoms with Crippen LogP contribution in [-0.2, 0) is 17.7 Å². The number of piperidine rings is 3. The SMILES string of the molecule is C1CN2CCC1CC2.CCCC.COC(=O)c1ccc2c(c1)CCN(C(=O)O)C2.Fc1ccccc1. The highest BCUT2D eigenvalue weighted by atomic mass is 19.1. The standard InChI is InChI=1S/C12H13NO4.C7H13N.C6H5F.C4H10/c1-17-11(14)9-2-3-10-7-13(12(15)16)5-4-8(10)6-9;1-4-8-5-2-7(1)3-6-8;7-6-4-2-1-3-5-6;1-3-4-2/h2-3,6H,4-5,7H2,1H3,(H,15,16);7H,1-6H2;1-5H;3-4H2,1-2H3. The number of fused-ring (bicyclic) bond motifs is 4. The van der Waals surface area contributed by atoms with E-state index in [2.05, 4.69) is 23.5 Å². The van der Waals surface area contributed by atoms with Crippen LogP contribution < -0.4 is 0 Å². The van der Waals surface area contributed by atoms with Gasteiger partial charge in [0.2, 0.25) is 0 Å². The summed E-state index contributed by atoms with van der Waals surface area (Å²) < 4.78 is 16.5. The molecular weight excluding hydrogens is 459 g/mol. The second kappa shape index (κ2) is 15.9. The first-order valence-corrected chi connectivity index (χ1v) is 13.0. The number of amides is 1. The van der Waals surface area contributed by atoms with E-state index in [0.717, 1.165) is 17.0 Å². The number of rotatable bonds is 2. The third kappa shape index (κ3) is 9.97. The van der Waals surface area contributed by atoms with Crippen LogP contribution in [0.5, 0.6) is 0 Å². The zero-order chi connectivity index (χ0) is 26.3. The van der Waals surface area contributed by atoms with E-state index in [1.54, 1.807) is 36.4 Å². The van der Waals surface area contributed by atoms with Crippen LogP contribution in [0.2, 0.25) is 0 Å². The van der Waals surface area contributed by atoms with Gasteiger partial charge < -0.3 is 19.6 Å². The van der Waals surface area contributed by atoms with Gasteiger partial charge in [0, 0.05) is 13.1 Å². The summed E-state index contributed by atoms with van der Waals surface area (Å²) in [5.74, 6) is 0.566. The highest BCUT2D eigenvalue weighted by Gasteiger charge is 2.24. The number of methoxy groups -OCH3 is 1. The maximum atomic E-state index is 11.9. The molecule has 3 saturated heterocycles. The van der Waals surface area contributed by atoms with Gasteiger partial charge in [-0.05, 0) is 86.6 Å². The van der Waals surface area contributed by atoms with Crippen molar-refractivity contribution in [3.05, 3.63) is 71.0 Å². The van der Waals surface area contributed by atoms with Crippen molar-refractivity contribution in [1.29, 1.82) is 0 Å². The molecule has 4 aliphatic rings. The molecule has 2 aromatic rings. The van der Waals surface area contributed by atoms with Crippen molar-refractivity contribution in [1.82, 2.24) is 9.80 Å². The first kappa shape index (κ1) is 29.3. The fraction of sp³-hybridized carbons (Fsp3) is 0.517. The van der Waals surface area contributed by atoms with Crippen molar-refractivity contribution >= 4 is 12.1 Å². The quantitative estimate of drug-likeness (QED) is 0.494. The molecule has 1 amide bonds. The molecule has 0 saturated carbocycles. The van der Waals surface area contributed by atoms with E-state index < -0.39 is 6.09 Å². The summed E-state index contributed by atoms with van der Waals surface area (Å²) in [7, 11) is 1.34. The maximum absolute atomic E-state index is 11.9. The second-order valence-electron chi connectivity index (χ2n) is 9.30. The zero-order valence-electron chi connectivity index (χ0n) is 21.9. The van der Waals surface area contributed by atoms with Crippen molar-refractivity contribution in [2.24, 2.45) is 5.92 Å². The Labute approximate surface area is 215 Å². The Balaban J connectivity index is 0.000000198. The second-order valence-corrected chi connectivity index (χ2v) is 9.30. The molecule has 4 aliphatic heterocycles. The molecule has 2 aromatic carbocycles. The monoisotopic (exact) mass is 500 g/mol. The Bertz CT molecular complexity index is 905. The summed E-state index contributed by atoms with van der Waals surface area (Å²) in [5.41, 5.74) is 2.48. The largest absolute Gasteiger partial charge is 0.465 e. The number of benzene rings is 2. The topological polar surface area (TPSA) is 70.1 Å². The average Bonchev–Trinajstić information content (AvgIpc) is 2.94. The van der Waals surface area contributed by atoms with Gasteiger partial charge in [-0.1, -0.05) is 51.0 Å². The molecule has 0 unspecified atom stereocenters. The third-order valence-electron chi connectivity index (χ3n) is 6.70. The highest BCUT2D eigenvalue weighted by molar-refractivity contribution is 5.89. The number of carbonyl (C=O) groups excluding carboxylic acids is 1. The van der Waals surface area contributed by atoms with E-state index in [4.69, 9.17) is 5.11 Å². The predicted octanol–water partition coefficient (Wildman–Crippen LogP) is 6.24. The molecule has 0 aromatic heterocycles. The van der Waals surface area contributed by atoms with Crippen molar-refractivity contribution in [3.8, 4) is 0 Å². The predicted molar refractivity (Wildman–Crippen MR) is 141 cm³/mol. The third-order valence-corrected chi connectivity index (χ3v) is 6.70. The van der Waals surface area contributed by atoms with Crippen molar-refractivity contribution in [2.45, 2.75) is 58.9 Å². The molecule has 7 heteroatoms. The van der Waals surface area contributed by atoms with Gasteiger partial charge in [-0.15, -0.1) is 0 Å². The van der Waals surface area contributed by atoms with E-state index in [9.17, 15) is 14.0 Å². The zero-order valence-corrected chi connectivity index (χ0v) is 21.9. The van der Waals surface area contributed by atoms with Crippen LogP contribution in [-0.4, -0.2) is 60.3 Å². The molecule has 0 radical (unpaired) electrons. The lowest BCUT2D eigenvalue weighted by molar-refractivity contribution is 0.0600. The van der Waals surface area contributed by atoms with Crippen LogP contribution in [0.1, 0.15) is 67.4 Å². The van der Waals surface area contributed by atoms with E-state index in [0.29, 0.717) is 25.1 Å². The molecule has 6 nitrogen and oxygen atoms in total. The summed E-state index contributed by atoms with van der Waals surface area (Å²) in [6.07, 6.45) is 6.82. The number of hydrogen-bond acceptors (Lipinski definition) is 4. The maximum Gasteiger partial charge on any atom is 0.407 e. The number of ether oxygens (including phenoxy) is 1. The minimum Gasteiger partial charge on any atom is -0.465 e. The Hall–Kier alpha value is -2.93. The van der Waals surface area contributed by atoms with Gasteiger partial charge in [0.25, 0.3) is 0 Å². The number of carboxylic acid groups (broad SMARTS) is 1. The first-order chi connectivity index (χ1) is 17.4.